The summed E-state index contributed by atoms with van der Waals surface area (Å²) < 4.78 is 33.4. The van der Waals surface area contributed by atoms with E-state index in [2.05, 4.69) is 10.6 Å². The summed E-state index contributed by atoms with van der Waals surface area (Å²) in [7, 11) is 0. The number of amides is 1. The number of nitrogens with zero attached hydrogens (tertiary/aromatic N) is 2. The quantitative estimate of drug-likeness (QED) is 0.159. The minimum Gasteiger partial charge on any atom is -0.511 e. The predicted octanol–water partition coefficient (Wildman–Crippen LogP) is 8.27. The molecule has 0 saturated heterocycles. The highest BCUT2D eigenvalue weighted by molar-refractivity contribution is 8.04. The van der Waals surface area contributed by atoms with E-state index >= 15 is 0 Å². The maximum absolute atomic E-state index is 13.9. The SMILES string of the molecule is O=C1NC(c2cccc(Nc3ccc(F)c(F)c3)n2)(c2cccc(Oc3ccccc3)n2)CC(O)=C1Sc1ccccc1Cl. The Bertz CT molecular complexity index is 1890. The molecule has 3 N–H and O–H groups in total. The molecule has 3 heterocycles. The molecule has 2 aromatic heterocycles. The summed E-state index contributed by atoms with van der Waals surface area (Å²) in [4.78, 5) is 23.8. The highest BCUT2D eigenvalue weighted by Gasteiger charge is 2.45. The summed E-state index contributed by atoms with van der Waals surface area (Å²) in [6, 6.07) is 29.6. The molecule has 3 aromatic carbocycles. The summed E-state index contributed by atoms with van der Waals surface area (Å²) in [5, 5.41) is 17.8. The molecule has 0 fully saturated rings. The Kier molecular flexibility index (Phi) is 8.19. The van der Waals surface area contributed by atoms with Gasteiger partial charge in [-0.15, -0.1) is 0 Å². The summed E-state index contributed by atoms with van der Waals surface area (Å²) in [6.45, 7) is 0. The molecule has 0 bridgehead atoms. The van der Waals surface area contributed by atoms with Crippen molar-refractivity contribution in [3.05, 3.63) is 148 Å². The largest absolute Gasteiger partial charge is 0.511 e. The van der Waals surface area contributed by atoms with E-state index in [1.165, 1.54) is 6.07 Å². The van der Waals surface area contributed by atoms with Crippen molar-refractivity contribution in [3.8, 4) is 11.6 Å². The average Bonchev–Trinajstić information content (AvgIpc) is 3.02. The topological polar surface area (TPSA) is 96.4 Å². The van der Waals surface area contributed by atoms with Gasteiger partial charge in [-0.05, 0) is 54.6 Å². The molecule has 1 unspecified atom stereocenters. The second-order valence-corrected chi connectivity index (χ2v) is 11.2. The van der Waals surface area contributed by atoms with Crippen molar-refractivity contribution in [1.82, 2.24) is 15.3 Å². The van der Waals surface area contributed by atoms with Crippen molar-refractivity contribution in [2.45, 2.75) is 16.9 Å². The first kappa shape index (κ1) is 29.2. The Labute approximate surface area is 260 Å². The average molecular weight is 629 g/mol. The van der Waals surface area contributed by atoms with Crippen molar-refractivity contribution < 1.29 is 23.4 Å². The van der Waals surface area contributed by atoms with Gasteiger partial charge >= 0.3 is 0 Å². The Hall–Kier alpha value is -4.93. The number of nitrogens with one attached hydrogen (secondary N) is 2. The number of pyridine rings is 2. The van der Waals surface area contributed by atoms with E-state index in [0.717, 1.165) is 23.9 Å². The first-order chi connectivity index (χ1) is 21.3. The van der Waals surface area contributed by atoms with Crippen molar-refractivity contribution in [3.63, 3.8) is 0 Å². The number of hydrogen-bond donors (Lipinski definition) is 3. The molecule has 11 heteroatoms. The van der Waals surface area contributed by atoms with Gasteiger partial charge < -0.3 is 20.5 Å². The maximum atomic E-state index is 13.9. The Morgan fingerprint density at radius 1 is 0.864 bits per heavy atom. The number of ether oxygens (including phenoxy) is 1. The first-order valence-corrected chi connectivity index (χ1v) is 14.6. The molecule has 1 aliphatic heterocycles. The lowest BCUT2D eigenvalue weighted by Gasteiger charge is -2.37. The molecule has 0 aliphatic carbocycles. The van der Waals surface area contributed by atoms with Crippen LogP contribution in [0.5, 0.6) is 11.6 Å². The number of anilines is 2. The van der Waals surface area contributed by atoms with Crippen LogP contribution >= 0.6 is 23.4 Å². The Morgan fingerprint density at radius 3 is 2.34 bits per heavy atom. The van der Waals surface area contributed by atoms with Gasteiger partial charge in [0.15, 0.2) is 11.6 Å². The fourth-order valence-corrected chi connectivity index (χ4v) is 5.84. The minimum atomic E-state index is -1.44. The number of halogens is 3. The summed E-state index contributed by atoms with van der Waals surface area (Å²) in [6.07, 6.45) is -0.102. The number of hydrogen-bond acceptors (Lipinski definition) is 7. The highest BCUT2D eigenvalue weighted by Crippen LogP contribution is 2.43. The zero-order chi connectivity index (χ0) is 30.7. The zero-order valence-electron chi connectivity index (χ0n) is 22.8. The monoisotopic (exact) mass is 628 g/mol. The van der Waals surface area contributed by atoms with Gasteiger partial charge in [0.05, 0.1) is 16.4 Å². The molecule has 0 saturated carbocycles. The summed E-state index contributed by atoms with van der Waals surface area (Å²) in [5.41, 5.74) is -0.484. The van der Waals surface area contributed by atoms with Crippen LogP contribution in [0.1, 0.15) is 17.8 Å². The standard InChI is InChI=1S/C33H23ClF2N4O3S/c34-22-10-4-5-11-26(22)44-31-25(41)19-33(40-32(31)42,28-13-7-15-30(39-28)43-21-8-2-1-3-9-21)27-12-6-14-29(38-27)37-20-16-17-23(35)24(36)18-20/h1-18,41H,19H2,(H,37,38)(H,40,42). The van der Waals surface area contributed by atoms with E-state index in [-0.39, 0.29) is 28.7 Å². The molecular formula is C33H23ClF2N4O3S. The molecule has 0 radical (unpaired) electrons. The van der Waals surface area contributed by atoms with E-state index in [1.807, 2.05) is 18.2 Å². The second kappa shape index (κ2) is 12.4. The third kappa shape index (κ3) is 6.08. The van der Waals surface area contributed by atoms with E-state index < -0.39 is 23.1 Å². The van der Waals surface area contributed by atoms with Crippen LogP contribution in [0.2, 0.25) is 5.02 Å². The molecule has 7 nitrogen and oxygen atoms in total. The lowest BCUT2D eigenvalue weighted by atomic mass is 9.83. The molecule has 1 amide bonds. The number of benzene rings is 3. The van der Waals surface area contributed by atoms with Crippen LogP contribution in [0.15, 0.2) is 125 Å². The molecule has 0 spiro atoms. The van der Waals surface area contributed by atoms with E-state index in [1.54, 1.807) is 72.8 Å². The number of thioether (sulfide) groups is 1. The van der Waals surface area contributed by atoms with Crippen LogP contribution in [0.4, 0.5) is 20.3 Å². The van der Waals surface area contributed by atoms with E-state index in [0.29, 0.717) is 32.9 Å². The minimum absolute atomic E-state index is 0.0847. The van der Waals surface area contributed by atoms with Crippen molar-refractivity contribution in [2.75, 3.05) is 5.32 Å². The van der Waals surface area contributed by atoms with Gasteiger partial charge in [-0.3, -0.25) is 4.79 Å². The lowest BCUT2D eigenvalue weighted by Crippen LogP contribution is -2.51. The molecule has 5 aromatic rings. The molecule has 44 heavy (non-hydrogen) atoms. The van der Waals surface area contributed by atoms with Crippen molar-refractivity contribution >= 4 is 40.8 Å². The van der Waals surface area contributed by atoms with Gasteiger partial charge in [0.2, 0.25) is 5.88 Å². The third-order valence-electron chi connectivity index (χ3n) is 6.78. The van der Waals surface area contributed by atoms with Crippen LogP contribution < -0.4 is 15.4 Å². The number of aliphatic hydroxyl groups excluding tert-OH is 1. The molecule has 220 valence electrons. The van der Waals surface area contributed by atoms with Crippen LogP contribution in [0, 0.1) is 11.6 Å². The smallest absolute Gasteiger partial charge is 0.262 e. The van der Waals surface area contributed by atoms with Gasteiger partial charge in [0, 0.05) is 29.1 Å². The van der Waals surface area contributed by atoms with Gasteiger partial charge in [-0.2, -0.15) is 0 Å². The number of rotatable bonds is 8. The van der Waals surface area contributed by atoms with Crippen LogP contribution in [-0.2, 0) is 10.3 Å². The zero-order valence-corrected chi connectivity index (χ0v) is 24.4. The summed E-state index contributed by atoms with van der Waals surface area (Å²) in [5.74, 6) is -1.61. The normalized spacial score (nSPS) is 16.4. The Morgan fingerprint density at radius 2 is 1.59 bits per heavy atom. The van der Waals surface area contributed by atoms with Crippen molar-refractivity contribution in [1.29, 1.82) is 0 Å². The van der Waals surface area contributed by atoms with Gasteiger partial charge in [-0.25, -0.2) is 18.7 Å². The predicted molar refractivity (Wildman–Crippen MR) is 165 cm³/mol. The van der Waals surface area contributed by atoms with Gasteiger partial charge in [-0.1, -0.05) is 65.8 Å². The van der Waals surface area contributed by atoms with Gasteiger partial charge in [0.1, 0.15) is 27.8 Å². The van der Waals surface area contributed by atoms with E-state index in [4.69, 9.17) is 26.3 Å². The van der Waals surface area contributed by atoms with Crippen LogP contribution in [0.25, 0.3) is 0 Å². The Balaban J connectivity index is 1.42. The molecular weight excluding hydrogens is 606 g/mol. The van der Waals surface area contributed by atoms with Gasteiger partial charge in [0.25, 0.3) is 5.91 Å². The third-order valence-corrected chi connectivity index (χ3v) is 8.42. The fraction of sp³-hybridized carbons (Fsp3) is 0.0606. The van der Waals surface area contributed by atoms with Crippen LogP contribution in [-0.4, -0.2) is 21.0 Å². The number of carbonyl (C=O) groups excluding carboxylic acids is 1. The van der Waals surface area contributed by atoms with E-state index in [9.17, 15) is 18.7 Å². The molecule has 1 atom stereocenters. The highest BCUT2D eigenvalue weighted by atomic mass is 35.5. The fourth-order valence-electron chi connectivity index (χ4n) is 4.72. The number of aliphatic hydroxyl groups is 1. The maximum Gasteiger partial charge on any atom is 0.262 e. The number of aromatic nitrogens is 2. The second-order valence-electron chi connectivity index (χ2n) is 9.78. The molecule has 1 aliphatic rings. The summed E-state index contributed by atoms with van der Waals surface area (Å²) >= 11 is 7.38. The number of para-hydroxylation sites is 1. The van der Waals surface area contributed by atoms with Crippen molar-refractivity contribution in [2.24, 2.45) is 0 Å². The molecule has 6 rings (SSSR count). The number of carbonyl (C=O) groups is 1. The van der Waals surface area contributed by atoms with Crippen LogP contribution in [0.3, 0.4) is 0 Å². The lowest BCUT2D eigenvalue weighted by molar-refractivity contribution is -0.119. The first-order valence-electron chi connectivity index (χ1n) is 13.4.